The average Bonchev–Trinajstić information content (AvgIpc) is 2.40. The summed E-state index contributed by atoms with van der Waals surface area (Å²) in [5, 5.41) is 13.5. The maximum absolute atomic E-state index is 13.7. The van der Waals surface area contributed by atoms with Crippen LogP contribution >= 0.6 is 0 Å². The molecular formula is C11H8F2N4O2. The van der Waals surface area contributed by atoms with Gasteiger partial charge in [0.1, 0.15) is 17.8 Å². The molecule has 0 spiro atoms. The molecule has 1 heterocycles. The number of nitro groups is 1. The lowest BCUT2D eigenvalue weighted by Crippen LogP contribution is -2.02. The van der Waals surface area contributed by atoms with Crippen molar-refractivity contribution >= 4 is 11.6 Å². The molecule has 0 aliphatic heterocycles. The Labute approximate surface area is 106 Å². The average molecular weight is 266 g/mol. The fourth-order valence-electron chi connectivity index (χ4n) is 1.51. The van der Waals surface area contributed by atoms with E-state index in [4.69, 9.17) is 0 Å². The first-order valence-corrected chi connectivity index (χ1v) is 5.17. The number of benzene rings is 1. The van der Waals surface area contributed by atoms with Crippen LogP contribution in [-0.4, -0.2) is 21.9 Å². The topological polar surface area (TPSA) is 81.0 Å². The van der Waals surface area contributed by atoms with Gasteiger partial charge in [-0.3, -0.25) is 10.1 Å². The molecule has 1 aromatic carbocycles. The first-order valence-electron chi connectivity index (χ1n) is 5.17. The zero-order valence-electron chi connectivity index (χ0n) is 9.72. The molecule has 0 atom stereocenters. The lowest BCUT2D eigenvalue weighted by Gasteiger charge is -2.05. The van der Waals surface area contributed by atoms with Crippen LogP contribution in [0.5, 0.6) is 0 Å². The van der Waals surface area contributed by atoms with E-state index in [1.54, 1.807) is 0 Å². The highest BCUT2D eigenvalue weighted by Gasteiger charge is 2.21. The third-order valence-electron chi connectivity index (χ3n) is 2.37. The van der Waals surface area contributed by atoms with Crippen molar-refractivity contribution in [3.8, 4) is 11.3 Å². The van der Waals surface area contributed by atoms with Crippen LogP contribution in [0.25, 0.3) is 11.3 Å². The van der Waals surface area contributed by atoms with Crippen LogP contribution in [-0.2, 0) is 0 Å². The largest absolute Gasteiger partial charge is 0.357 e. The third kappa shape index (κ3) is 2.46. The second-order valence-corrected chi connectivity index (χ2v) is 3.56. The molecule has 0 aliphatic carbocycles. The van der Waals surface area contributed by atoms with E-state index in [1.807, 2.05) is 0 Å². The predicted molar refractivity (Wildman–Crippen MR) is 63.6 cm³/mol. The first kappa shape index (κ1) is 12.8. The summed E-state index contributed by atoms with van der Waals surface area (Å²) >= 11 is 0. The monoisotopic (exact) mass is 266 g/mol. The van der Waals surface area contributed by atoms with E-state index in [2.05, 4.69) is 15.3 Å². The van der Waals surface area contributed by atoms with E-state index in [1.165, 1.54) is 7.05 Å². The van der Waals surface area contributed by atoms with E-state index < -0.39 is 22.2 Å². The van der Waals surface area contributed by atoms with Crippen LogP contribution in [0, 0.1) is 21.7 Å². The summed E-state index contributed by atoms with van der Waals surface area (Å²) in [4.78, 5) is 17.6. The van der Waals surface area contributed by atoms with Gasteiger partial charge in [-0.25, -0.2) is 18.7 Å². The summed E-state index contributed by atoms with van der Waals surface area (Å²) in [7, 11) is 1.51. The van der Waals surface area contributed by atoms with Crippen LogP contribution in [0.4, 0.5) is 20.4 Å². The molecule has 0 unspecified atom stereocenters. The molecule has 0 saturated carbocycles. The van der Waals surface area contributed by atoms with Crippen molar-refractivity contribution in [1.82, 2.24) is 9.97 Å². The second kappa shape index (κ2) is 4.92. The molecule has 98 valence electrons. The maximum atomic E-state index is 13.7. The fourth-order valence-corrected chi connectivity index (χ4v) is 1.51. The van der Waals surface area contributed by atoms with E-state index in [9.17, 15) is 18.9 Å². The molecule has 8 heteroatoms. The van der Waals surface area contributed by atoms with E-state index in [0.717, 1.165) is 24.4 Å². The number of hydrogen-bond donors (Lipinski definition) is 1. The Morgan fingerprint density at radius 2 is 2.11 bits per heavy atom. The van der Waals surface area contributed by atoms with Crippen molar-refractivity contribution in [1.29, 1.82) is 0 Å². The van der Waals surface area contributed by atoms with Gasteiger partial charge >= 0.3 is 5.69 Å². The van der Waals surface area contributed by atoms with Gasteiger partial charge in [-0.05, 0) is 18.2 Å². The highest BCUT2D eigenvalue weighted by molar-refractivity contribution is 5.70. The second-order valence-electron chi connectivity index (χ2n) is 3.56. The number of anilines is 1. The van der Waals surface area contributed by atoms with Gasteiger partial charge in [-0.15, -0.1) is 0 Å². The smallest absolute Gasteiger partial charge is 0.313 e. The van der Waals surface area contributed by atoms with E-state index in [0.29, 0.717) is 0 Å². The summed E-state index contributed by atoms with van der Waals surface area (Å²) in [6.07, 6.45) is 0.943. The van der Waals surface area contributed by atoms with Crippen molar-refractivity contribution in [2.45, 2.75) is 0 Å². The van der Waals surface area contributed by atoms with Crippen molar-refractivity contribution in [3.63, 3.8) is 0 Å². The molecule has 0 amide bonds. The summed E-state index contributed by atoms with van der Waals surface area (Å²) in [6, 6.07) is 2.66. The number of aromatic nitrogens is 2. The normalized spacial score (nSPS) is 10.3. The standard InChI is InChI=1S/C11H8F2N4O2/c1-14-11-15-5-9(17(18)19)10(16-11)7-4-6(12)2-3-8(7)13/h2-5H,1H3,(H,14,15,16). The first-order chi connectivity index (χ1) is 9.02. The Balaban J connectivity index is 2.71. The molecular weight excluding hydrogens is 258 g/mol. The van der Waals surface area contributed by atoms with Crippen molar-refractivity contribution in [2.24, 2.45) is 0 Å². The van der Waals surface area contributed by atoms with E-state index >= 15 is 0 Å². The molecule has 0 saturated heterocycles. The highest BCUT2D eigenvalue weighted by atomic mass is 19.1. The third-order valence-corrected chi connectivity index (χ3v) is 2.37. The Morgan fingerprint density at radius 3 is 2.74 bits per heavy atom. The Morgan fingerprint density at radius 1 is 1.37 bits per heavy atom. The van der Waals surface area contributed by atoms with Crippen LogP contribution in [0.2, 0.25) is 0 Å². The van der Waals surface area contributed by atoms with Crippen molar-refractivity contribution < 1.29 is 13.7 Å². The van der Waals surface area contributed by atoms with Gasteiger partial charge in [0.2, 0.25) is 5.95 Å². The molecule has 0 fully saturated rings. The Kier molecular flexibility index (Phi) is 3.32. The summed E-state index contributed by atoms with van der Waals surface area (Å²) in [5.74, 6) is -1.44. The van der Waals surface area contributed by atoms with Crippen molar-refractivity contribution in [3.05, 3.63) is 46.1 Å². The SMILES string of the molecule is CNc1ncc([N+](=O)[O-])c(-c2cc(F)ccc2F)n1. The van der Waals surface area contributed by atoms with Crippen LogP contribution < -0.4 is 5.32 Å². The quantitative estimate of drug-likeness (QED) is 0.681. The number of halogens is 2. The lowest BCUT2D eigenvalue weighted by molar-refractivity contribution is -0.384. The van der Waals surface area contributed by atoms with Crippen LogP contribution in [0.1, 0.15) is 0 Å². The molecule has 1 aromatic heterocycles. The summed E-state index contributed by atoms with van der Waals surface area (Å²) in [6.45, 7) is 0. The van der Waals surface area contributed by atoms with Gasteiger partial charge in [0, 0.05) is 12.6 Å². The number of nitrogens with zero attached hydrogens (tertiary/aromatic N) is 3. The molecule has 1 N–H and O–H groups in total. The molecule has 19 heavy (non-hydrogen) atoms. The van der Waals surface area contributed by atoms with Gasteiger partial charge in [0.25, 0.3) is 0 Å². The minimum Gasteiger partial charge on any atom is -0.357 e. The zero-order chi connectivity index (χ0) is 14.0. The van der Waals surface area contributed by atoms with Gasteiger partial charge in [0.05, 0.1) is 4.92 Å². The van der Waals surface area contributed by atoms with E-state index in [-0.39, 0.29) is 17.2 Å². The minimum absolute atomic E-state index is 0.0734. The van der Waals surface area contributed by atoms with Gasteiger partial charge in [-0.1, -0.05) is 0 Å². The number of nitrogens with one attached hydrogen (secondary N) is 1. The highest BCUT2D eigenvalue weighted by Crippen LogP contribution is 2.30. The van der Waals surface area contributed by atoms with Gasteiger partial charge < -0.3 is 5.32 Å². The Hall–Kier alpha value is -2.64. The molecule has 2 rings (SSSR count). The maximum Gasteiger partial charge on any atom is 0.313 e. The fraction of sp³-hybridized carbons (Fsp3) is 0.0909. The summed E-state index contributed by atoms with van der Waals surface area (Å²) < 4.78 is 26.8. The van der Waals surface area contributed by atoms with Crippen molar-refractivity contribution in [2.75, 3.05) is 12.4 Å². The summed E-state index contributed by atoms with van der Waals surface area (Å²) in [5.41, 5.74) is -1.06. The lowest BCUT2D eigenvalue weighted by atomic mass is 10.1. The van der Waals surface area contributed by atoms with Gasteiger partial charge in [0.15, 0.2) is 5.69 Å². The number of hydrogen-bond acceptors (Lipinski definition) is 5. The minimum atomic E-state index is -0.801. The van der Waals surface area contributed by atoms with Crippen LogP contribution in [0.15, 0.2) is 24.4 Å². The Bertz CT molecular complexity index is 649. The molecule has 0 bridgehead atoms. The molecule has 2 aromatic rings. The molecule has 0 radical (unpaired) electrons. The molecule has 0 aliphatic rings. The molecule has 6 nitrogen and oxygen atoms in total. The number of rotatable bonds is 3. The predicted octanol–water partition coefficient (Wildman–Crippen LogP) is 2.37. The zero-order valence-corrected chi connectivity index (χ0v) is 9.72. The van der Waals surface area contributed by atoms with Gasteiger partial charge in [-0.2, -0.15) is 0 Å². The van der Waals surface area contributed by atoms with Crippen LogP contribution in [0.3, 0.4) is 0 Å².